The molecule has 2 aromatic carbocycles. The van der Waals surface area contributed by atoms with Gasteiger partial charge >= 0.3 is 0 Å². The topological polar surface area (TPSA) is 116 Å². The quantitative estimate of drug-likeness (QED) is 0.325. The highest BCUT2D eigenvalue weighted by molar-refractivity contribution is 7.07. The average molecular weight is 425 g/mol. The van der Waals surface area contributed by atoms with E-state index in [0.29, 0.717) is 10.5 Å². The first kappa shape index (κ1) is 21.1. The van der Waals surface area contributed by atoms with Crippen LogP contribution in [0, 0.1) is 20.2 Å². The molecular weight excluding hydrogens is 406 g/mol. The first-order valence-corrected chi connectivity index (χ1v) is 9.94. The summed E-state index contributed by atoms with van der Waals surface area (Å²) < 4.78 is 1.70. The molecule has 0 atom stereocenters. The van der Waals surface area contributed by atoms with E-state index in [1.165, 1.54) is 35.6 Å². The zero-order valence-corrected chi connectivity index (χ0v) is 17.4. The Hall–Kier alpha value is -3.66. The molecular formula is C20H19N5O4S. The van der Waals surface area contributed by atoms with Crippen molar-refractivity contribution in [1.29, 1.82) is 0 Å². The number of thiazole rings is 1. The Labute approximate surface area is 176 Å². The fourth-order valence-corrected chi connectivity index (χ4v) is 3.65. The summed E-state index contributed by atoms with van der Waals surface area (Å²) in [5, 5.41) is 28.4. The summed E-state index contributed by atoms with van der Waals surface area (Å²) in [5.74, 6) is 0. The molecule has 0 spiro atoms. The number of rotatable bonds is 6. The van der Waals surface area contributed by atoms with Crippen molar-refractivity contribution >= 4 is 28.4 Å². The van der Waals surface area contributed by atoms with Crippen LogP contribution in [0.25, 0.3) is 11.3 Å². The van der Waals surface area contributed by atoms with Crippen LogP contribution >= 0.6 is 11.3 Å². The standard InChI is InChI=1S/C20H19N5O4S/c1-13(2)21-20-23(22-14(3)15-4-8-17(9-5-15)24(26)27)19(12-30-20)16-6-10-18(11-7-16)25(28)29/h4-13H,1-3H3. The summed E-state index contributed by atoms with van der Waals surface area (Å²) in [7, 11) is 0. The lowest BCUT2D eigenvalue weighted by molar-refractivity contribution is -0.385. The van der Waals surface area contributed by atoms with Crippen molar-refractivity contribution in [2.45, 2.75) is 26.8 Å². The van der Waals surface area contributed by atoms with E-state index in [-0.39, 0.29) is 17.4 Å². The van der Waals surface area contributed by atoms with Crippen LogP contribution in [0.1, 0.15) is 26.3 Å². The molecule has 3 rings (SSSR count). The van der Waals surface area contributed by atoms with Gasteiger partial charge in [0.2, 0.25) is 4.80 Å². The number of nitro groups is 2. The number of benzene rings is 2. The first-order valence-electron chi connectivity index (χ1n) is 9.06. The molecule has 30 heavy (non-hydrogen) atoms. The van der Waals surface area contributed by atoms with Crippen molar-refractivity contribution in [3.63, 3.8) is 0 Å². The van der Waals surface area contributed by atoms with Gasteiger partial charge in [-0.3, -0.25) is 25.2 Å². The Balaban J connectivity index is 2.09. The van der Waals surface area contributed by atoms with Crippen molar-refractivity contribution < 1.29 is 9.85 Å². The van der Waals surface area contributed by atoms with Crippen LogP contribution in [0.2, 0.25) is 0 Å². The maximum atomic E-state index is 10.9. The van der Waals surface area contributed by atoms with Crippen molar-refractivity contribution in [3.05, 3.63) is 84.5 Å². The lowest BCUT2D eigenvalue weighted by Crippen LogP contribution is -2.16. The Bertz CT molecular complexity index is 1180. The van der Waals surface area contributed by atoms with Gasteiger partial charge in [0.05, 0.1) is 21.3 Å². The second-order valence-electron chi connectivity index (χ2n) is 6.73. The minimum Gasteiger partial charge on any atom is -0.258 e. The van der Waals surface area contributed by atoms with Gasteiger partial charge in [-0.25, -0.2) is 4.68 Å². The van der Waals surface area contributed by atoms with Gasteiger partial charge in [0, 0.05) is 41.3 Å². The Morgan fingerprint density at radius 1 is 0.967 bits per heavy atom. The van der Waals surface area contributed by atoms with Gasteiger partial charge in [-0.1, -0.05) is 0 Å². The second kappa shape index (κ2) is 8.78. The lowest BCUT2D eigenvalue weighted by Gasteiger charge is -2.07. The van der Waals surface area contributed by atoms with Gasteiger partial charge in [0.25, 0.3) is 11.4 Å². The van der Waals surface area contributed by atoms with Crippen LogP contribution < -0.4 is 4.80 Å². The minimum atomic E-state index is -0.448. The van der Waals surface area contributed by atoms with Gasteiger partial charge < -0.3 is 0 Å². The molecule has 0 N–H and O–H groups in total. The van der Waals surface area contributed by atoms with E-state index in [1.54, 1.807) is 28.9 Å². The number of nitro benzene ring substituents is 2. The van der Waals surface area contributed by atoms with Crippen molar-refractivity contribution in [3.8, 4) is 11.3 Å². The van der Waals surface area contributed by atoms with Gasteiger partial charge in [0.15, 0.2) is 0 Å². The smallest absolute Gasteiger partial charge is 0.258 e. The third-order valence-electron chi connectivity index (χ3n) is 4.17. The molecule has 10 heteroatoms. The zero-order valence-electron chi connectivity index (χ0n) is 16.6. The number of nitrogens with zero attached hydrogens (tertiary/aromatic N) is 5. The van der Waals surface area contributed by atoms with Gasteiger partial charge in [-0.15, -0.1) is 11.3 Å². The average Bonchev–Trinajstić information content (AvgIpc) is 3.09. The zero-order chi connectivity index (χ0) is 21.8. The summed E-state index contributed by atoms with van der Waals surface area (Å²) in [4.78, 5) is 26.2. The summed E-state index contributed by atoms with van der Waals surface area (Å²) in [6, 6.07) is 12.5. The molecule has 0 aliphatic carbocycles. The highest BCUT2D eigenvalue weighted by atomic mass is 32.1. The van der Waals surface area contributed by atoms with Crippen molar-refractivity contribution in [2.75, 3.05) is 0 Å². The number of hydrogen-bond acceptors (Lipinski definition) is 7. The molecule has 9 nitrogen and oxygen atoms in total. The van der Waals surface area contributed by atoms with Crippen molar-refractivity contribution in [2.24, 2.45) is 10.1 Å². The molecule has 1 aromatic heterocycles. The largest absolute Gasteiger partial charge is 0.269 e. The number of aromatic nitrogens is 1. The fourth-order valence-electron chi connectivity index (χ4n) is 2.69. The number of non-ortho nitro benzene ring substituents is 2. The summed E-state index contributed by atoms with van der Waals surface area (Å²) in [6.07, 6.45) is 0. The summed E-state index contributed by atoms with van der Waals surface area (Å²) >= 11 is 1.42. The molecule has 3 aromatic rings. The van der Waals surface area contributed by atoms with E-state index in [2.05, 4.69) is 4.99 Å². The molecule has 0 saturated heterocycles. The van der Waals surface area contributed by atoms with Crippen LogP contribution in [-0.2, 0) is 0 Å². The molecule has 0 fully saturated rings. The SMILES string of the molecule is CC(=Nn1c(-c2ccc([N+](=O)[O-])cc2)csc1=NC(C)C)c1ccc([N+](=O)[O-])cc1. The fraction of sp³-hybridized carbons (Fsp3) is 0.200. The van der Waals surface area contributed by atoms with E-state index in [0.717, 1.165) is 16.8 Å². The maximum Gasteiger partial charge on any atom is 0.269 e. The van der Waals surface area contributed by atoms with E-state index >= 15 is 0 Å². The van der Waals surface area contributed by atoms with E-state index in [1.807, 2.05) is 26.2 Å². The summed E-state index contributed by atoms with van der Waals surface area (Å²) in [5.41, 5.74) is 2.92. The van der Waals surface area contributed by atoms with Gasteiger partial charge in [-0.05, 0) is 50.6 Å². The minimum absolute atomic E-state index is 0.0109. The third-order valence-corrected chi connectivity index (χ3v) is 5.00. The molecule has 0 saturated carbocycles. The van der Waals surface area contributed by atoms with Crippen LogP contribution in [0.4, 0.5) is 11.4 Å². The normalized spacial score (nSPS) is 12.4. The molecule has 0 bridgehead atoms. The molecule has 0 aliphatic rings. The van der Waals surface area contributed by atoms with Crippen LogP contribution in [-0.4, -0.2) is 26.3 Å². The highest BCUT2D eigenvalue weighted by Crippen LogP contribution is 2.23. The molecule has 154 valence electrons. The summed E-state index contributed by atoms with van der Waals surface area (Å²) in [6.45, 7) is 5.73. The van der Waals surface area contributed by atoms with Crippen LogP contribution in [0.3, 0.4) is 0 Å². The molecule has 0 unspecified atom stereocenters. The second-order valence-corrected chi connectivity index (χ2v) is 7.57. The highest BCUT2D eigenvalue weighted by Gasteiger charge is 2.12. The lowest BCUT2D eigenvalue weighted by atomic mass is 10.1. The first-order chi connectivity index (χ1) is 14.3. The predicted molar refractivity (Wildman–Crippen MR) is 116 cm³/mol. The van der Waals surface area contributed by atoms with E-state index in [4.69, 9.17) is 5.10 Å². The van der Waals surface area contributed by atoms with E-state index < -0.39 is 9.85 Å². The Morgan fingerprint density at radius 2 is 1.50 bits per heavy atom. The molecule has 0 amide bonds. The van der Waals surface area contributed by atoms with Gasteiger partial charge in [0.1, 0.15) is 0 Å². The monoisotopic (exact) mass is 425 g/mol. The molecule has 0 aliphatic heterocycles. The Morgan fingerprint density at radius 3 is 2.00 bits per heavy atom. The predicted octanol–water partition coefficient (Wildman–Crippen LogP) is 4.61. The maximum absolute atomic E-state index is 10.9. The van der Waals surface area contributed by atoms with Crippen LogP contribution in [0.15, 0.2) is 64.0 Å². The Kier molecular flexibility index (Phi) is 6.17. The number of hydrogen-bond donors (Lipinski definition) is 0. The molecule has 0 radical (unpaired) electrons. The molecule has 1 heterocycles. The van der Waals surface area contributed by atoms with E-state index in [9.17, 15) is 20.2 Å². The van der Waals surface area contributed by atoms with Crippen LogP contribution in [0.5, 0.6) is 0 Å². The van der Waals surface area contributed by atoms with Gasteiger partial charge in [-0.2, -0.15) is 5.10 Å². The third kappa shape index (κ3) is 4.66. The van der Waals surface area contributed by atoms with Crippen molar-refractivity contribution in [1.82, 2.24) is 4.68 Å².